The van der Waals surface area contributed by atoms with Crippen molar-refractivity contribution in [1.82, 2.24) is 4.90 Å². The van der Waals surface area contributed by atoms with E-state index in [9.17, 15) is 4.79 Å². The molecule has 1 rings (SSSR count). The minimum absolute atomic E-state index is 0.218. The van der Waals surface area contributed by atoms with Gasteiger partial charge in [0.25, 0.3) is 0 Å². The summed E-state index contributed by atoms with van der Waals surface area (Å²) >= 11 is 0. The van der Waals surface area contributed by atoms with Crippen LogP contribution in [0.1, 0.15) is 31.4 Å². The molecule has 0 heterocycles. The van der Waals surface area contributed by atoms with Crippen LogP contribution in [0.4, 0.5) is 10.5 Å². The highest BCUT2D eigenvalue weighted by Gasteiger charge is 2.24. The maximum Gasteiger partial charge on any atom is 0.331 e. The van der Waals surface area contributed by atoms with Crippen molar-refractivity contribution in [3.8, 4) is 0 Å². The summed E-state index contributed by atoms with van der Waals surface area (Å²) < 4.78 is 0. The zero-order valence-corrected chi connectivity index (χ0v) is 12.7. The number of para-hydroxylation sites is 1. The smallest absolute Gasteiger partial charge is 0.331 e. The number of nitrogens with zero attached hydrogens (tertiary/aromatic N) is 2. The Hall–Kier alpha value is -2.04. The Kier molecular flexibility index (Phi) is 5.55. The molecule has 0 aromatic heterocycles. The van der Waals surface area contributed by atoms with Crippen molar-refractivity contribution in [3.63, 3.8) is 0 Å². The molecule has 1 aromatic carbocycles. The maximum atomic E-state index is 12.6. The van der Waals surface area contributed by atoms with Crippen LogP contribution in [0.25, 0.3) is 0 Å². The Morgan fingerprint density at radius 2 is 1.80 bits per heavy atom. The highest BCUT2D eigenvalue weighted by Crippen LogP contribution is 2.25. The molecule has 0 unspecified atom stereocenters. The number of guanidine groups is 1. The normalized spacial score (nSPS) is 10.2. The van der Waals surface area contributed by atoms with Crippen molar-refractivity contribution in [2.24, 2.45) is 5.73 Å². The summed E-state index contributed by atoms with van der Waals surface area (Å²) in [5, 5.41) is 7.53. The lowest BCUT2D eigenvalue weighted by molar-refractivity contribution is 0.227. The van der Waals surface area contributed by atoms with Gasteiger partial charge in [-0.15, -0.1) is 0 Å². The summed E-state index contributed by atoms with van der Waals surface area (Å²) in [5.41, 5.74) is 8.51. The van der Waals surface area contributed by atoms with Gasteiger partial charge in [-0.2, -0.15) is 0 Å². The summed E-state index contributed by atoms with van der Waals surface area (Å²) in [6.07, 6.45) is 0.842. The van der Waals surface area contributed by atoms with Crippen LogP contribution in [0.5, 0.6) is 0 Å². The van der Waals surface area contributed by atoms with E-state index in [2.05, 4.69) is 0 Å². The maximum absolute atomic E-state index is 12.6. The van der Waals surface area contributed by atoms with E-state index < -0.39 is 0 Å². The Labute approximate surface area is 120 Å². The van der Waals surface area contributed by atoms with Crippen molar-refractivity contribution in [1.29, 1.82) is 5.41 Å². The molecular weight excluding hydrogens is 252 g/mol. The Bertz CT molecular complexity index is 478. The molecule has 0 saturated carbocycles. The van der Waals surface area contributed by atoms with E-state index >= 15 is 0 Å². The predicted molar refractivity (Wildman–Crippen MR) is 83.2 cm³/mol. The molecule has 5 nitrogen and oxygen atoms in total. The van der Waals surface area contributed by atoms with E-state index in [1.807, 2.05) is 45.9 Å². The van der Waals surface area contributed by atoms with Gasteiger partial charge in [-0.25, -0.2) is 4.79 Å². The third-order valence-corrected chi connectivity index (χ3v) is 3.23. The summed E-state index contributed by atoms with van der Waals surface area (Å²) in [5.74, 6) is -0.218. The van der Waals surface area contributed by atoms with E-state index in [-0.39, 0.29) is 12.0 Å². The molecule has 0 aliphatic heterocycles. The molecule has 3 N–H and O–H groups in total. The number of nitrogens with two attached hydrogens (primary N) is 1. The lowest BCUT2D eigenvalue weighted by Gasteiger charge is -2.30. The van der Waals surface area contributed by atoms with Gasteiger partial charge in [0.1, 0.15) is 0 Å². The van der Waals surface area contributed by atoms with Crippen molar-refractivity contribution in [2.45, 2.75) is 34.1 Å². The average molecular weight is 276 g/mol. The molecule has 0 fully saturated rings. The molecule has 0 saturated heterocycles. The van der Waals surface area contributed by atoms with Gasteiger partial charge in [0.05, 0.1) is 5.69 Å². The quantitative estimate of drug-likeness (QED) is 0.655. The first-order chi connectivity index (χ1) is 9.43. The second-order valence-corrected chi connectivity index (χ2v) is 4.80. The minimum atomic E-state index is -0.237. The van der Waals surface area contributed by atoms with Crippen LogP contribution in [0.2, 0.25) is 0 Å². The van der Waals surface area contributed by atoms with Crippen molar-refractivity contribution < 1.29 is 4.79 Å². The largest absolute Gasteiger partial charge is 0.370 e. The van der Waals surface area contributed by atoms with Gasteiger partial charge >= 0.3 is 6.03 Å². The lowest BCUT2D eigenvalue weighted by Crippen LogP contribution is -2.49. The number of amides is 2. The molecule has 0 bridgehead atoms. The molecule has 2 amide bonds. The highest BCUT2D eigenvalue weighted by atomic mass is 16.2. The van der Waals surface area contributed by atoms with Crippen LogP contribution >= 0.6 is 0 Å². The standard InChI is InChI=1S/C15H24N4O/c1-5-10-19(15(20)18(6-2)14(16)17)13-11(3)8-7-9-12(13)4/h7-9H,5-6,10H2,1-4H3,(H3,16,17). The topological polar surface area (TPSA) is 73.4 Å². The van der Waals surface area contributed by atoms with Gasteiger partial charge in [-0.3, -0.25) is 15.2 Å². The summed E-state index contributed by atoms with van der Waals surface area (Å²) in [6, 6.07) is 5.72. The number of aryl methyl sites for hydroxylation is 2. The minimum Gasteiger partial charge on any atom is -0.370 e. The average Bonchev–Trinajstić information content (AvgIpc) is 2.37. The van der Waals surface area contributed by atoms with Crippen LogP contribution in [-0.4, -0.2) is 30.0 Å². The highest BCUT2D eigenvalue weighted by molar-refractivity contribution is 6.03. The number of rotatable bonds is 4. The second kappa shape index (κ2) is 6.93. The molecule has 0 aliphatic carbocycles. The second-order valence-electron chi connectivity index (χ2n) is 4.80. The molecule has 20 heavy (non-hydrogen) atoms. The Balaban J connectivity index is 3.24. The Morgan fingerprint density at radius 3 is 2.20 bits per heavy atom. The first kappa shape index (κ1) is 16.0. The number of carbonyl (C=O) groups excluding carboxylic acids is 1. The fraction of sp³-hybridized carbons (Fsp3) is 0.467. The fourth-order valence-electron chi connectivity index (χ4n) is 2.31. The third kappa shape index (κ3) is 3.29. The molecule has 0 radical (unpaired) electrons. The van der Waals surface area contributed by atoms with E-state index in [1.165, 1.54) is 4.90 Å². The van der Waals surface area contributed by atoms with Gasteiger partial charge in [-0.1, -0.05) is 25.1 Å². The lowest BCUT2D eigenvalue weighted by atomic mass is 10.1. The third-order valence-electron chi connectivity index (χ3n) is 3.23. The summed E-state index contributed by atoms with van der Waals surface area (Å²) in [6.45, 7) is 8.81. The molecule has 1 aromatic rings. The zero-order chi connectivity index (χ0) is 15.3. The van der Waals surface area contributed by atoms with Crippen LogP contribution in [0.15, 0.2) is 18.2 Å². The van der Waals surface area contributed by atoms with Crippen LogP contribution in [0.3, 0.4) is 0 Å². The number of nitrogens with one attached hydrogen (secondary N) is 1. The number of hydrogen-bond donors (Lipinski definition) is 2. The summed E-state index contributed by atoms with van der Waals surface area (Å²) in [4.78, 5) is 15.6. The first-order valence-electron chi connectivity index (χ1n) is 6.93. The van der Waals surface area contributed by atoms with E-state index in [0.717, 1.165) is 23.2 Å². The molecule has 110 valence electrons. The molecule has 0 atom stereocenters. The van der Waals surface area contributed by atoms with E-state index in [4.69, 9.17) is 11.1 Å². The fourth-order valence-corrected chi connectivity index (χ4v) is 2.31. The Morgan fingerprint density at radius 1 is 1.25 bits per heavy atom. The van der Waals surface area contributed by atoms with Gasteiger partial charge < -0.3 is 5.73 Å². The summed E-state index contributed by atoms with van der Waals surface area (Å²) in [7, 11) is 0. The molecular formula is C15H24N4O. The monoisotopic (exact) mass is 276 g/mol. The number of benzene rings is 1. The van der Waals surface area contributed by atoms with Gasteiger partial charge in [-0.05, 0) is 38.3 Å². The van der Waals surface area contributed by atoms with Crippen molar-refractivity contribution in [3.05, 3.63) is 29.3 Å². The van der Waals surface area contributed by atoms with Crippen molar-refractivity contribution >= 4 is 17.7 Å². The zero-order valence-electron chi connectivity index (χ0n) is 12.7. The van der Waals surface area contributed by atoms with Crippen LogP contribution < -0.4 is 10.6 Å². The number of hydrogen-bond acceptors (Lipinski definition) is 2. The molecule has 0 spiro atoms. The van der Waals surface area contributed by atoms with Gasteiger partial charge in [0.15, 0.2) is 5.96 Å². The molecule has 0 aliphatic rings. The van der Waals surface area contributed by atoms with Crippen LogP contribution in [0, 0.1) is 19.3 Å². The SMILES string of the molecule is CCCN(C(=O)N(CC)C(=N)N)c1c(C)cccc1C. The predicted octanol–water partition coefficient (Wildman–Crippen LogP) is 2.86. The van der Waals surface area contributed by atoms with E-state index in [0.29, 0.717) is 13.1 Å². The van der Waals surface area contributed by atoms with Crippen LogP contribution in [-0.2, 0) is 0 Å². The van der Waals surface area contributed by atoms with Gasteiger partial charge in [0.2, 0.25) is 0 Å². The van der Waals surface area contributed by atoms with E-state index in [1.54, 1.807) is 4.90 Å². The number of anilines is 1. The van der Waals surface area contributed by atoms with Gasteiger partial charge in [0, 0.05) is 13.1 Å². The molecule has 5 heteroatoms. The van der Waals surface area contributed by atoms with Crippen molar-refractivity contribution in [2.75, 3.05) is 18.0 Å². The first-order valence-corrected chi connectivity index (χ1v) is 6.93. The number of urea groups is 1. The number of carbonyl (C=O) groups is 1.